The first-order valence-corrected chi connectivity index (χ1v) is 7.48. The minimum Gasteiger partial charge on any atom is -0.507 e. The quantitative estimate of drug-likeness (QED) is 0.725. The van der Waals surface area contributed by atoms with Crippen molar-refractivity contribution in [3.63, 3.8) is 0 Å². The zero-order chi connectivity index (χ0) is 17.9. The van der Waals surface area contributed by atoms with Crippen LogP contribution in [0.2, 0.25) is 0 Å². The third kappa shape index (κ3) is 6.10. The Labute approximate surface area is 141 Å². The molecule has 2 rings (SSSR count). The van der Waals surface area contributed by atoms with Crippen molar-refractivity contribution < 1.29 is 14.7 Å². The zero-order valence-electron chi connectivity index (χ0n) is 13.9. The molecular formula is C18H23N3O3. The van der Waals surface area contributed by atoms with Crippen molar-refractivity contribution in [2.24, 2.45) is 5.73 Å². The molecule has 6 nitrogen and oxygen atoms in total. The lowest BCUT2D eigenvalue weighted by atomic mass is 10.2. The average molecular weight is 329 g/mol. The molecule has 1 amide bonds. The monoisotopic (exact) mass is 329 g/mol. The molecular weight excluding hydrogens is 306 g/mol. The van der Waals surface area contributed by atoms with Gasteiger partial charge in [-0.15, -0.1) is 0 Å². The Morgan fingerprint density at radius 2 is 1.79 bits per heavy atom. The molecule has 0 aliphatic carbocycles. The summed E-state index contributed by atoms with van der Waals surface area (Å²) in [5.41, 5.74) is 7.36. The summed E-state index contributed by atoms with van der Waals surface area (Å²) in [7, 11) is 3.92. The molecule has 24 heavy (non-hydrogen) atoms. The second-order valence-electron chi connectivity index (χ2n) is 5.16. The Hall–Kier alpha value is -2.86. The van der Waals surface area contributed by atoms with Gasteiger partial charge >= 0.3 is 0 Å². The third-order valence-electron chi connectivity index (χ3n) is 3.14. The van der Waals surface area contributed by atoms with Gasteiger partial charge in [0.2, 0.25) is 0 Å². The lowest BCUT2D eigenvalue weighted by Crippen LogP contribution is -2.28. The first kappa shape index (κ1) is 19.2. The van der Waals surface area contributed by atoms with Gasteiger partial charge in [0, 0.05) is 38.4 Å². The Morgan fingerprint density at radius 1 is 1.17 bits per heavy atom. The standard InChI is InChI=1S/C11H17N3O.C7H6O2/c1-14(2)10-5-3-9(4-6-10)11(15)13-8-7-12;8-5-6-3-1-2-4-7(6)9/h3-6H,7-8,12H2,1-2H3,(H,13,15);1-5,9H. The average Bonchev–Trinajstić information content (AvgIpc) is 2.60. The summed E-state index contributed by atoms with van der Waals surface area (Å²) in [5, 5.41) is 11.6. The van der Waals surface area contributed by atoms with Crippen LogP contribution >= 0.6 is 0 Å². The smallest absolute Gasteiger partial charge is 0.251 e. The van der Waals surface area contributed by atoms with Crippen molar-refractivity contribution in [1.29, 1.82) is 0 Å². The van der Waals surface area contributed by atoms with Crippen LogP contribution in [0, 0.1) is 0 Å². The Bertz CT molecular complexity index is 655. The summed E-state index contributed by atoms with van der Waals surface area (Å²) in [6.07, 6.45) is 0.620. The van der Waals surface area contributed by atoms with Crippen LogP contribution in [0.15, 0.2) is 48.5 Å². The molecule has 0 unspecified atom stereocenters. The lowest BCUT2D eigenvalue weighted by molar-refractivity contribution is 0.0954. The number of hydrogen-bond donors (Lipinski definition) is 3. The van der Waals surface area contributed by atoms with Crippen molar-refractivity contribution in [3.8, 4) is 5.75 Å². The van der Waals surface area contributed by atoms with Gasteiger partial charge in [-0.3, -0.25) is 9.59 Å². The van der Waals surface area contributed by atoms with E-state index < -0.39 is 0 Å². The molecule has 6 heteroatoms. The third-order valence-corrected chi connectivity index (χ3v) is 3.14. The molecule has 2 aromatic carbocycles. The fourth-order valence-electron chi connectivity index (χ4n) is 1.79. The summed E-state index contributed by atoms with van der Waals surface area (Å²) in [5.74, 6) is -0.0433. The maximum Gasteiger partial charge on any atom is 0.251 e. The summed E-state index contributed by atoms with van der Waals surface area (Å²) in [4.78, 5) is 23.6. The van der Waals surface area contributed by atoms with Crippen LogP contribution in [0.3, 0.4) is 0 Å². The van der Waals surface area contributed by atoms with Gasteiger partial charge in [-0.2, -0.15) is 0 Å². The number of anilines is 1. The van der Waals surface area contributed by atoms with Gasteiger partial charge in [0.1, 0.15) is 5.75 Å². The highest BCUT2D eigenvalue weighted by Gasteiger charge is 2.04. The fraction of sp³-hybridized carbons (Fsp3) is 0.222. The van der Waals surface area contributed by atoms with Gasteiger partial charge < -0.3 is 21.1 Å². The van der Waals surface area contributed by atoms with E-state index in [2.05, 4.69) is 5.32 Å². The van der Waals surface area contributed by atoms with E-state index in [1.54, 1.807) is 30.3 Å². The number of carbonyl (C=O) groups is 2. The van der Waals surface area contributed by atoms with Crippen LogP contribution in [0.1, 0.15) is 20.7 Å². The van der Waals surface area contributed by atoms with E-state index in [9.17, 15) is 9.59 Å². The molecule has 0 aromatic heterocycles. The Kier molecular flexibility index (Phi) is 8.01. The number of carbonyl (C=O) groups excluding carboxylic acids is 2. The van der Waals surface area contributed by atoms with E-state index in [-0.39, 0.29) is 11.7 Å². The minimum atomic E-state index is -0.0780. The topological polar surface area (TPSA) is 95.7 Å². The zero-order valence-corrected chi connectivity index (χ0v) is 13.9. The van der Waals surface area contributed by atoms with Crippen molar-refractivity contribution in [2.75, 3.05) is 32.1 Å². The van der Waals surface area contributed by atoms with Crippen LogP contribution in [-0.4, -0.2) is 44.5 Å². The van der Waals surface area contributed by atoms with Crippen molar-refractivity contribution >= 4 is 17.9 Å². The van der Waals surface area contributed by atoms with E-state index in [0.717, 1.165) is 5.69 Å². The van der Waals surface area contributed by atoms with Gasteiger partial charge in [0.05, 0.1) is 5.56 Å². The molecule has 2 aromatic rings. The number of amides is 1. The SMILES string of the molecule is CN(C)c1ccc(C(=O)NCCN)cc1.O=Cc1ccccc1O. The van der Waals surface area contributed by atoms with E-state index in [4.69, 9.17) is 10.8 Å². The first-order chi connectivity index (χ1) is 11.5. The molecule has 0 heterocycles. The second kappa shape index (κ2) is 10.0. The van der Waals surface area contributed by atoms with Gasteiger partial charge in [0.15, 0.2) is 6.29 Å². The maximum absolute atomic E-state index is 11.5. The van der Waals surface area contributed by atoms with Crippen molar-refractivity contribution in [3.05, 3.63) is 59.7 Å². The second-order valence-corrected chi connectivity index (χ2v) is 5.16. The van der Waals surface area contributed by atoms with Crippen molar-refractivity contribution in [2.45, 2.75) is 0 Å². The van der Waals surface area contributed by atoms with Crippen LogP contribution in [-0.2, 0) is 0 Å². The van der Waals surface area contributed by atoms with Gasteiger partial charge in [-0.25, -0.2) is 0 Å². The van der Waals surface area contributed by atoms with Crippen LogP contribution < -0.4 is 16.0 Å². The van der Waals surface area contributed by atoms with E-state index in [1.807, 2.05) is 31.1 Å². The van der Waals surface area contributed by atoms with Crippen LogP contribution in [0.5, 0.6) is 5.75 Å². The Balaban J connectivity index is 0.000000272. The number of phenolic OH excluding ortho intramolecular Hbond substituents is 1. The molecule has 0 spiro atoms. The summed E-state index contributed by atoms with van der Waals surface area (Å²) >= 11 is 0. The predicted molar refractivity (Wildman–Crippen MR) is 95.7 cm³/mol. The van der Waals surface area contributed by atoms with Crippen LogP contribution in [0.4, 0.5) is 5.69 Å². The number of para-hydroxylation sites is 1. The summed E-state index contributed by atoms with van der Waals surface area (Å²) in [6.45, 7) is 0.968. The van der Waals surface area contributed by atoms with Gasteiger partial charge in [-0.1, -0.05) is 12.1 Å². The fourth-order valence-corrected chi connectivity index (χ4v) is 1.79. The number of aldehydes is 1. The number of phenols is 1. The van der Waals surface area contributed by atoms with Crippen LogP contribution in [0.25, 0.3) is 0 Å². The number of nitrogens with zero attached hydrogens (tertiary/aromatic N) is 1. The number of hydrogen-bond acceptors (Lipinski definition) is 5. The van der Waals surface area contributed by atoms with E-state index in [0.29, 0.717) is 30.5 Å². The first-order valence-electron chi connectivity index (χ1n) is 7.48. The van der Waals surface area contributed by atoms with Gasteiger partial charge in [0.25, 0.3) is 5.91 Å². The number of nitrogens with two attached hydrogens (primary N) is 1. The molecule has 0 saturated heterocycles. The van der Waals surface area contributed by atoms with Crippen molar-refractivity contribution in [1.82, 2.24) is 5.32 Å². The van der Waals surface area contributed by atoms with Gasteiger partial charge in [-0.05, 0) is 36.4 Å². The molecule has 0 bridgehead atoms. The highest BCUT2D eigenvalue weighted by Crippen LogP contribution is 2.12. The molecule has 0 saturated carbocycles. The molecule has 0 atom stereocenters. The molecule has 128 valence electrons. The molecule has 0 fully saturated rings. The molecule has 0 aliphatic heterocycles. The normalized spacial score (nSPS) is 9.46. The molecule has 0 aliphatic rings. The number of rotatable bonds is 5. The number of benzene rings is 2. The lowest BCUT2D eigenvalue weighted by Gasteiger charge is -2.12. The highest BCUT2D eigenvalue weighted by atomic mass is 16.3. The maximum atomic E-state index is 11.5. The number of aromatic hydroxyl groups is 1. The summed E-state index contributed by atoms with van der Waals surface area (Å²) in [6, 6.07) is 13.8. The Morgan fingerprint density at radius 3 is 2.25 bits per heavy atom. The van der Waals surface area contributed by atoms with E-state index in [1.165, 1.54) is 6.07 Å². The highest BCUT2D eigenvalue weighted by molar-refractivity contribution is 5.94. The molecule has 4 N–H and O–H groups in total. The largest absolute Gasteiger partial charge is 0.507 e. The summed E-state index contributed by atoms with van der Waals surface area (Å²) < 4.78 is 0. The van der Waals surface area contributed by atoms with E-state index >= 15 is 0 Å². The minimum absolute atomic E-state index is 0.0347. The molecule has 0 radical (unpaired) electrons. The predicted octanol–water partition coefficient (Wildman–Crippen LogP) is 1.65. The number of nitrogens with one attached hydrogen (secondary N) is 1.